The molecule has 0 fully saturated rings. The van der Waals surface area contributed by atoms with E-state index in [2.05, 4.69) is 15.0 Å². The molecule has 0 N–H and O–H groups in total. The van der Waals surface area contributed by atoms with Crippen molar-refractivity contribution in [3.63, 3.8) is 0 Å². The molecule has 2 atom stereocenters. The molecule has 0 aliphatic rings. The Balaban J connectivity index is 1.27. The van der Waals surface area contributed by atoms with Gasteiger partial charge in [-0.25, -0.2) is 28.6 Å². The van der Waals surface area contributed by atoms with Gasteiger partial charge in [-0.05, 0) is 86.6 Å². The van der Waals surface area contributed by atoms with Gasteiger partial charge in [0.1, 0.15) is 23.0 Å². The third-order valence-corrected chi connectivity index (χ3v) is 7.05. The van der Waals surface area contributed by atoms with E-state index >= 15 is 0 Å². The van der Waals surface area contributed by atoms with E-state index < -0.39 is 35.7 Å². The van der Waals surface area contributed by atoms with E-state index in [0.717, 1.165) is 17.0 Å². The van der Waals surface area contributed by atoms with Crippen LogP contribution in [0.1, 0.15) is 13.8 Å². The lowest BCUT2D eigenvalue weighted by molar-refractivity contribution is -0.133. The molecule has 246 valence electrons. The molecular weight excluding hydrogens is 693 g/mol. The average Bonchev–Trinajstić information content (AvgIpc) is 3.06. The van der Waals surface area contributed by atoms with Crippen LogP contribution in [0.2, 0.25) is 15.1 Å². The van der Waals surface area contributed by atoms with E-state index in [1.54, 1.807) is 6.07 Å². The van der Waals surface area contributed by atoms with Crippen LogP contribution in [0.25, 0.3) is 0 Å². The Labute approximate surface area is 287 Å². The first-order valence-corrected chi connectivity index (χ1v) is 15.1. The molecule has 5 rings (SSSR count). The molecule has 2 amide bonds. The molecule has 0 saturated carbocycles. The Bertz CT molecular complexity index is 1820. The molecule has 0 aliphatic heterocycles. The number of rotatable bonds is 11. The van der Waals surface area contributed by atoms with Gasteiger partial charge >= 0.3 is 0 Å². The molecule has 10 nitrogen and oxygen atoms in total. The van der Waals surface area contributed by atoms with E-state index in [-0.39, 0.29) is 55.6 Å². The first-order chi connectivity index (χ1) is 23.0. The second-order valence-electron chi connectivity index (χ2n) is 9.87. The molecule has 2 unspecified atom stereocenters. The second kappa shape index (κ2) is 15.2. The lowest BCUT2D eigenvalue weighted by atomic mass is 10.2. The largest absolute Gasteiger partial charge is 0.481 e. The van der Waals surface area contributed by atoms with E-state index in [4.69, 9.17) is 53.8 Å². The topological polar surface area (TPSA) is 113 Å². The van der Waals surface area contributed by atoms with Crippen LogP contribution in [0.3, 0.4) is 0 Å². The molecule has 2 aromatic carbocycles. The highest BCUT2D eigenvalue weighted by molar-refractivity contribution is 6.35. The Morgan fingerprint density at radius 3 is 1.48 bits per heavy atom. The zero-order valence-corrected chi connectivity index (χ0v) is 27.2. The summed E-state index contributed by atoms with van der Waals surface area (Å²) in [4.78, 5) is 40.0. The molecule has 48 heavy (non-hydrogen) atoms. The number of amides is 2. The number of imide groups is 1. The molecular formula is C33H23Cl3F2N4O6. The van der Waals surface area contributed by atoms with Crippen molar-refractivity contribution in [3.8, 4) is 34.8 Å². The Morgan fingerprint density at radius 1 is 0.667 bits per heavy atom. The van der Waals surface area contributed by atoms with Gasteiger partial charge in [-0.15, -0.1) is 0 Å². The summed E-state index contributed by atoms with van der Waals surface area (Å²) in [6.45, 7) is 2.89. The van der Waals surface area contributed by atoms with Crippen LogP contribution in [-0.4, -0.2) is 39.0 Å². The monoisotopic (exact) mass is 714 g/mol. The van der Waals surface area contributed by atoms with Gasteiger partial charge in [0.2, 0.25) is 0 Å². The van der Waals surface area contributed by atoms with E-state index in [9.17, 15) is 18.4 Å². The minimum absolute atomic E-state index is 0.0349. The molecule has 0 spiro atoms. The smallest absolute Gasteiger partial charge is 0.275 e. The highest BCUT2D eigenvalue weighted by atomic mass is 35.5. The molecule has 0 aliphatic carbocycles. The number of nitrogens with zero attached hydrogens (tertiary/aromatic N) is 4. The van der Waals surface area contributed by atoms with Crippen LogP contribution in [0, 0.1) is 11.6 Å². The lowest BCUT2D eigenvalue weighted by Gasteiger charge is -2.27. The summed E-state index contributed by atoms with van der Waals surface area (Å²) in [6.07, 6.45) is 1.45. The minimum Gasteiger partial charge on any atom is -0.481 e. The first-order valence-electron chi connectivity index (χ1n) is 14.0. The van der Waals surface area contributed by atoms with E-state index in [0.29, 0.717) is 0 Å². The van der Waals surface area contributed by atoms with E-state index in [1.165, 1.54) is 87.0 Å². The standard InChI is InChI=1S/C33H23Cl3F2N4O6/c1-18(45-22-5-9-24(10-6-22)47-30-27(37)14-20(34)16-40-30)32(43)42(29-26(36)4-3-13-39-29)33(44)19(2)46-23-7-11-25(12-8-23)48-31-28(38)15-21(35)17-41-31/h3-19H,1-2H3. The summed E-state index contributed by atoms with van der Waals surface area (Å²) in [5.41, 5.74) is 0. The number of hydrogen-bond acceptors (Lipinski definition) is 9. The number of pyridine rings is 3. The van der Waals surface area contributed by atoms with Gasteiger partial charge in [0.15, 0.2) is 29.7 Å². The van der Waals surface area contributed by atoms with Gasteiger partial charge in [-0.3, -0.25) is 9.59 Å². The van der Waals surface area contributed by atoms with Crippen molar-refractivity contribution < 1.29 is 37.3 Å². The zero-order valence-electron chi connectivity index (χ0n) is 24.9. The fraction of sp³-hybridized carbons (Fsp3) is 0.121. The summed E-state index contributed by atoms with van der Waals surface area (Å²) in [5, 5.41) is 0.275. The predicted octanol–water partition coefficient (Wildman–Crippen LogP) is 8.49. The van der Waals surface area contributed by atoms with Gasteiger partial charge in [-0.1, -0.05) is 34.8 Å². The first kappa shape index (κ1) is 34.3. The third kappa shape index (κ3) is 8.45. The van der Waals surface area contributed by atoms with Crippen LogP contribution in [0.15, 0.2) is 91.4 Å². The van der Waals surface area contributed by atoms with Gasteiger partial charge in [0.05, 0.1) is 15.1 Å². The third-order valence-electron chi connectivity index (χ3n) is 6.34. The maximum absolute atomic E-state index is 14.1. The Morgan fingerprint density at radius 2 is 1.08 bits per heavy atom. The van der Waals surface area contributed by atoms with E-state index in [1.807, 2.05) is 0 Å². The number of benzene rings is 2. The highest BCUT2D eigenvalue weighted by Gasteiger charge is 2.35. The number of halogens is 5. The fourth-order valence-corrected chi connectivity index (χ4v) is 4.58. The number of carbonyl (C=O) groups is 2. The molecule has 15 heteroatoms. The summed E-state index contributed by atoms with van der Waals surface area (Å²) in [5.74, 6) is -2.76. The Hall–Kier alpha value is -5.04. The molecule has 0 radical (unpaired) electrons. The fourth-order valence-electron chi connectivity index (χ4n) is 4.08. The average molecular weight is 716 g/mol. The SMILES string of the molecule is CC(Oc1ccc(Oc2ncc(Cl)cc2F)cc1)C(=O)N(C(=O)C(C)Oc1ccc(Oc2ncc(Cl)cc2F)cc1)c1ncccc1Cl. The second-order valence-corrected chi connectivity index (χ2v) is 11.1. The van der Waals surface area contributed by atoms with Gasteiger partial charge in [0.25, 0.3) is 23.6 Å². The summed E-state index contributed by atoms with van der Waals surface area (Å²) in [7, 11) is 0. The quantitative estimate of drug-likeness (QED) is 0.133. The summed E-state index contributed by atoms with van der Waals surface area (Å²) >= 11 is 17.8. The van der Waals surface area contributed by atoms with Crippen LogP contribution < -0.4 is 23.8 Å². The van der Waals surface area contributed by atoms with Crippen molar-refractivity contribution in [2.24, 2.45) is 0 Å². The van der Waals surface area contributed by atoms with Crippen LogP contribution in [-0.2, 0) is 9.59 Å². The van der Waals surface area contributed by atoms with Gasteiger partial charge in [-0.2, -0.15) is 0 Å². The van der Waals surface area contributed by atoms with Crippen molar-refractivity contribution in [2.75, 3.05) is 4.90 Å². The zero-order chi connectivity index (χ0) is 34.4. The van der Waals surface area contributed by atoms with Crippen molar-refractivity contribution in [1.82, 2.24) is 15.0 Å². The van der Waals surface area contributed by atoms with Crippen LogP contribution >= 0.6 is 34.8 Å². The van der Waals surface area contributed by atoms with Crippen LogP contribution in [0.5, 0.6) is 34.8 Å². The van der Waals surface area contributed by atoms with Crippen molar-refractivity contribution >= 4 is 52.4 Å². The minimum atomic E-state index is -1.21. The maximum Gasteiger partial charge on any atom is 0.275 e. The molecule has 0 saturated heterocycles. The molecule has 3 aromatic heterocycles. The molecule has 3 heterocycles. The number of hydrogen-bond donors (Lipinski definition) is 0. The number of anilines is 1. The molecule has 5 aromatic rings. The predicted molar refractivity (Wildman–Crippen MR) is 173 cm³/mol. The number of aromatic nitrogens is 3. The summed E-state index contributed by atoms with van der Waals surface area (Å²) < 4.78 is 50.6. The van der Waals surface area contributed by atoms with Gasteiger partial charge < -0.3 is 18.9 Å². The van der Waals surface area contributed by atoms with Crippen molar-refractivity contribution in [2.45, 2.75) is 26.1 Å². The normalized spacial score (nSPS) is 12.1. The lowest BCUT2D eigenvalue weighted by Crippen LogP contribution is -2.49. The number of carbonyl (C=O) groups excluding carboxylic acids is 2. The highest BCUT2D eigenvalue weighted by Crippen LogP contribution is 2.30. The maximum atomic E-state index is 14.1. The van der Waals surface area contributed by atoms with Gasteiger partial charge in [0, 0.05) is 18.6 Å². The number of ether oxygens (including phenoxy) is 4. The molecule has 0 bridgehead atoms. The van der Waals surface area contributed by atoms with Crippen molar-refractivity contribution in [3.05, 3.63) is 118 Å². The van der Waals surface area contributed by atoms with Crippen molar-refractivity contribution in [1.29, 1.82) is 0 Å². The summed E-state index contributed by atoms with van der Waals surface area (Å²) in [6, 6.07) is 17.0. The Kier molecular flexibility index (Phi) is 10.9. The van der Waals surface area contributed by atoms with Crippen LogP contribution in [0.4, 0.5) is 14.6 Å².